The first kappa shape index (κ1) is 14.1. The Morgan fingerprint density at radius 1 is 1.16 bits per heavy atom. The summed E-state index contributed by atoms with van der Waals surface area (Å²) in [4.78, 5) is 4.59. The molecule has 0 atom stereocenters. The SMILES string of the molecule is Cc1nc2ccccc2n1CCNCCC(C)(C)C. The van der Waals surface area contributed by atoms with E-state index in [0.717, 1.165) is 31.0 Å². The van der Waals surface area contributed by atoms with Gasteiger partial charge in [-0.05, 0) is 37.4 Å². The maximum atomic E-state index is 4.59. The minimum Gasteiger partial charge on any atom is -0.327 e. The molecule has 1 heterocycles. The summed E-state index contributed by atoms with van der Waals surface area (Å²) in [6.45, 7) is 12.0. The van der Waals surface area contributed by atoms with E-state index in [1.165, 1.54) is 11.9 Å². The van der Waals surface area contributed by atoms with Crippen LogP contribution in [0.1, 0.15) is 33.0 Å². The lowest BCUT2D eigenvalue weighted by molar-refractivity contribution is 0.365. The van der Waals surface area contributed by atoms with Gasteiger partial charge in [-0.2, -0.15) is 0 Å². The molecule has 0 aliphatic rings. The minimum absolute atomic E-state index is 0.407. The molecule has 0 bridgehead atoms. The lowest BCUT2D eigenvalue weighted by atomic mass is 9.92. The number of imidazole rings is 1. The lowest BCUT2D eigenvalue weighted by Gasteiger charge is -2.18. The van der Waals surface area contributed by atoms with Gasteiger partial charge in [0.2, 0.25) is 0 Å². The molecule has 1 N–H and O–H groups in total. The zero-order valence-electron chi connectivity index (χ0n) is 12.5. The molecule has 1 aromatic carbocycles. The van der Waals surface area contributed by atoms with Crippen LogP contribution in [0, 0.1) is 12.3 Å². The van der Waals surface area contributed by atoms with Crippen molar-refractivity contribution >= 4 is 11.0 Å². The van der Waals surface area contributed by atoms with Crippen molar-refractivity contribution in [3.63, 3.8) is 0 Å². The lowest BCUT2D eigenvalue weighted by Crippen LogP contribution is -2.24. The van der Waals surface area contributed by atoms with Crippen molar-refractivity contribution in [3.05, 3.63) is 30.1 Å². The average molecular weight is 259 g/mol. The van der Waals surface area contributed by atoms with Gasteiger partial charge in [0.15, 0.2) is 0 Å². The molecule has 104 valence electrons. The van der Waals surface area contributed by atoms with Crippen molar-refractivity contribution in [1.29, 1.82) is 0 Å². The van der Waals surface area contributed by atoms with Crippen molar-refractivity contribution in [3.8, 4) is 0 Å². The van der Waals surface area contributed by atoms with Crippen molar-refractivity contribution in [2.24, 2.45) is 5.41 Å². The van der Waals surface area contributed by atoms with Gasteiger partial charge >= 0.3 is 0 Å². The van der Waals surface area contributed by atoms with E-state index in [0.29, 0.717) is 5.41 Å². The molecule has 0 aliphatic carbocycles. The van der Waals surface area contributed by atoms with Crippen molar-refractivity contribution in [2.45, 2.75) is 40.7 Å². The maximum Gasteiger partial charge on any atom is 0.106 e. The summed E-state index contributed by atoms with van der Waals surface area (Å²) >= 11 is 0. The Morgan fingerprint density at radius 3 is 2.63 bits per heavy atom. The van der Waals surface area contributed by atoms with Gasteiger partial charge in [-0.25, -0.2) is 4.98 Å². The third-order valence-electron chi connectivity index (χ3n) is 3.41. The van der Waals surface area contributed by atoms with Gasteiger partial charge < -0.3 is 9.88 Å². The van der Waals surface area contributed by atoms with Gasteiger partial charge in [0.05, 0.1) is 11.0 Å². The molecule has 19 heavy (non-hydrogen) atoms. The Kier molecular flexibility index (Phi) is 4.25. The van der Waals surface area contributed by atoms with Crippen molar-refractivity contribution in [2.75, 3.05) is 13.1 Å². The van der Waals surface area contributed by atoms with Crippen LogP contribution in [0.25, 0.3) is 11.0 Å². The van der Waals surface area contributed by atoms with E-state index in [4.69, 9.17) is 0 Å². The van der Waals surface area contributed by atoms with Crippen LogP contribution in [0.5, 0.6) is 0 Å². The molecule has 1 aromatic heterocycles. The number of rotatable bonds is 5. The van der Waals surface area contributed by atoms with Crippen LogP contribution in [0.4, 0.5) is 0 Å². The monoisotopic (exact) mass is 259 g/mol. The Hall–Kier alpha value is -1.35. The quantitative estimate of drug-likeness (QED) is 0.834. The summed E-state index contributed by atoms with van der Waals surface area (Å²) in [6.07, 6.45) is 1.21. The number of fused-ring (bicyclic) bond motifs is 1. The van der Waals surface area contributed by atoms with Gasteiger partial charge in [-0.1, -0.05) is 32.9 Å². The average Bonchev–Trinajstić information content (AvgIpc) is 2.64. The first-order valence-electron chi connectivity index (χ1n) is 7.10. The first-order chi connectivity index (χ1) is 8.97. The molecule has 3 nitrogen and oxygen atoms in total. The third-order valence-corrected chi connectivity index (χ3v) is 3.41. The van der Waals surface area contributed by atoms with E-state index in [-0.39, 0.29) is 0 Å². The van der Waals surface area contributed by atoms with Crippen LogP contribution in [0.15, 0.2) is 24.3 Å². The van der Waals surface area contributed by atoms with Gasteiger partial charge in [-0.15, -0.1) is 0 Å². The van der Waals surface area contributed by atoms with E-state index >= 15 is 0 Å². The fourth-order valence-corrected chi connectivity index (χ4v) is 2.26. The predicted molar refractivity (Wildman–Crippen MR) is 81.4 cm³/mol. The standard InChI is InChI=1S/C16H25N3/c1-13-18-14-7-5-6-8-15(14)19(13)12-11-17-10-9-16(2,3)4/h5-8,17H,9-12H2,1-4H3. The van der Waals surface area contributed by atoms with E-state index < -0.39 is 0 Å². The summed E-state index contributed by atoms with van der Waals surface area (Å²) in [5.74, 6) is 1.10. The van der Waals surface area contributed by atoms with Crippen LogP contribution >= 0.6 is 0 Å². The molecule has 2 rings (SSSR count). The summed E-state index contributed by atoms with van der Waals surface area (Å²) in [6, 6.07) is 8.34. The summed E-state index contributed by atoms with van der Waals surface area (Å²) in [5.41, 5.74) is 2.73. The Balaban J connectivity index is 1.90. The molecule has 0 spiro atoms. The molecule has 0 unspecified atom stereocenters. The number of para-hydroxylation sites is 2. The zero-order chi connectivity index (χ0) is 13.9. The van der Waals surface area contributed by atoms with E-state index in [2.05, 4.69) is 60.8 Å². The van der Waals surface area contributed by atoms with Gasteiger partial charge in [-0.3, -0.25) is 0 Å². The fourth-order valence-electron chi connectivity index (χ4n) is 2.26. The summed E-state index contributed by atoms with van der Waals surface area (Å²) in [7, 11) is 0. The topological polar surface area (TPSA) is 29.9 Å². The van der Waals surface area contributed by atoms with Crippen LogP contribution in [0.2, 0.25) is 0 Å². The molecular formula is C16H25N3. The molecular weight excluding hydrogens is 234 g/mol. The van der Waals surface area contributed by atoms with Crippen molar-refractivity contribution in [1.82, 2.24) is 14.9 Å². The number of aryl methyl sites for hydroxylation is 1. The van der Waals surface area contributed by atoms with Gasteiger partial charge in [0, 0.05) is 13.1 Å². The molecule has 3 heteroatoms. The van der Waals surface area contributed by atoms with Gasteiger partial charge in [0.25, 0.3) is 0 Å². The van der Waals surface area contributed by atoms with Crippen LogP contribution < -0.4 is 5.32 Å². The second kappa shape index (κ2) is 5.74. The molecule has 0 saturated heterocycles. The normalized spacial score (nSPS) is 12.2. The highest BCUT2D eigenvalue weighted by atomic mass is 15.1. The van der Waals surface area contributed by atoms with Crippen LogP contribution in [-0.2, 0) is 6.54 Å². The number of aromatic nitrogens is 2. The number of nitrogens with zero attached hydrogens (tertiary/aromatic N) is 2. The first-order valence-corrected chi connectivity index (χ1v) is 7.10. The number of hydrogen-bond donors (Lipinski definition) is 1. The highest BCUT2D eigenvalue weighted by molar-refractivity contribution is 5.75. The number of benzene rings is 1. The number of nitrogens with one attached hydrogen (secondary N) is 1. The van der Waals surface area contributed by atoms with Crippen LogP contribution in [0.3, 0.4) is 0 Å². The smallest absolute Gasteiger partial charge is 0.106 e. The Bertz CT molecular complexity index is 534. The summed E-state index contributed by atoms with van der Waals surface area (Å²) < 4.78 is 2.29. The molecule has 0 aliphatic heterocycles. The van der Waals surface area contributed by atoms with Gasteiger partial charge in [0.1, 0.15) is 5.82 Å². The largest absolute Gasteiger partial charge is 0.327 e. The molecule has 0 fully saturated rings. The highest BCUT2D eigenvalue weighted by Crippen LogP contribution is 2.17. The Labute approximate surface area is 116 Å². The number of hydrogen-bond acceptors (Lipinski definition) is 2. The van der Waals surface area contributed by atoms with E-state index in [1.54, 1.807) is 0 Å². The van der Waals surface area contributed by atoms with E-state index in [9.17, 15) is 0 Å². The predicted octanol–water partition coefficient (Wildman–Crippen LogP) is 3.37. The fraction of sp³-hybridized carbons (Fsp3) is 0.562. The second-order valence-electron chi connectivity index (χ2n) is 6.36. The summed E-state index contributed by atoms with van der Waals surface area (Å²) in [5, 5.41) is 3.52. The van der Waals surface area contributed by atoms with Crippen LogP contribution in [-0.4, -0.2) is 22.6 Å². The minimum atomic E-state index is 0.407. The van der Waals surface area contributed by atoms with Crippen molar-refractivity contribution < 1.29 is 0 Å². The highest BCUT2D eigenvalue weighted by Gasteiger charge is 2.09. The molecule has 0 amide bonds. The Morgan fingerprint density at radius 2 is 1.89 bits per heavy atom. The maximum absolute atomic E-state index is 4.59. The molecule has 2 aromatic rings. The third kappa shape index (κ3) is 3.80. The van der Waals surface area contributed by atoms with E-state index in [1.807, 2.05) is 6.07 Å². The second-order valence-corrected chi connectivity index (χ2v) is 6.36. The zero-order valence-corrected chi connectivity index (χ0v) is 12.5. The molecule has 0 saturated carbocycles. The molecule has 0 radical (unpaired) electrons.